The van der Waals surface area contributed by atoms with Crippen LogP contribution >= 0.6 is 0 Å². The largest absolute Gasteiger partial charge is 0.434 e. The fraction of sp³-hybridized carbons (Fsp3) is 0.412. The van der Waals surface area contributed by atoms with E-state index in [4.69, 9.17) is 0 Å². The third-order valence-corrected chi connectivity index (χ3v) is 4.87. The number of aromatic nitrogens is 5. The zero-order valence-electron chi connectivity index (χ0n) is 14.3. The summed E-state index contributed by atoms with van der Waals surface area (Å²) in [5.41, 5.74) is -0.275. The fourth-order valence-electron chi connectivity index (χ4n) is 3.17. The van der Waals surface area contributed by atoms with Gasteiger partial charge in [-0.3, -0.25) is 4.40 Å². The summed E-state index contributed by atoms with van der Waals surface area (Å²) >= 11 is 0. The van der Waals surface area contributed by atoms with Crippen LogP contribution < -0.4 is 4.90 Å². The molecule has 0 bridgehead atoms. The molecule has 0 aromatic carbocycles. The number of alkyl halides is 3. The highest BCUT2D eigenvalue weighted by Crippen LogP contribution is 2.30. The number of fused-ring (bicyclic) bond motifs is 1. The minimum Gasteiger partial charge on any atom is -0.356 e. The summed E-state index contributed by atoms with van der Waals surface area (Å²) in [5, 5.41) is 0. The first-order chi connectivity index (χ1) is 12.3. The molecule has 0 aliphatic carbocycles. The van der Waals surface area contributed by atoms with Gasteiger partial charge in [0.2, 0.25) is 0 Å². The number of nitrogens with zero attached hydrogens (tertiary/aromatic N) is 6. The number of hydrogen-bond acceptors (Lipinski definition) is 5. The molecule has 0 radical (unpaired) electrons. The lowest BCUT2D eigenvalue weighted by molar-refractivity contribution is -0.141. The van der Waals surface area contributed by atoms with Crippen molar-refractivity contribution >= 4 is 11.5 Å². The lowest BCUT2D eigenvalue weighted by Gasteiger charge is -2.17. The Morgan fingerprint density at radius 2 is 1.77 bits per heavy atom. The van der Waals surface area contributed by atoms with Gasteiger partial charge in [-0.05, 0) is 17.9 Å². The predicted molar refractivity (Wildman–Crippen MR) is 89.6 cm³/mol. The van der Waals surface area contributed by atoms with E-state index in [9.17, 15) is 13.2 Å². The summed E-state index contributed by atoms with van der Waals surface area (Å²) in [7, 11) is 0. The Kier molecular flexibility index (Phi) is 3.82. The zero-order valence-corrected chi connectivity index (χ0v) is 14.3. The normalized spacial score (nSPS) is 20.9. The van der Waals surface area contributed by atoms with Crippen molar-refractivity contribution < 1.29 is 13.2 Å². The molecule has 4 heterocycles. The van der Waals surface area contributed by atoms with Crippen LogP contribution in [0.5, 0.6) is 0 Å². The van der Waals surface area contributed by atoms with Crippen LogP contribution in [0.4, 0.5) is 19.0 Å². The Morgan fingerprint density at radius 1 is 1.04 bits per heavy atom. The van der Waals surface area contributed by atoms with Gasteiger partial charge >= 0.3 is 6.18 Å². The van der Waals surface area contributed by atoms with Crippen molar-refractivity contribution in [3.63, 3.8) is 0 Å². The van der Waals surface area contributed by atoms with Crippen molar-refractivity contribution in [1.82, 2.24) is 24.3 Å². The van der Waals surface area contributed by atoms with Crippen molar-refractivity contribution in [2.24, 2.45) is 11.8 Å². The van der Waals surface area contributed by atoms with Crippen molar-refractivity contribution in [3.8, 4) is 11.5 Å². The first kappa shape index (κ1) is 16.7. The number of halogens is 3. The average molecular weight is 362 g/mol. The number of hydrogen-bond donors (Lipinski definition) is 0. The van der Waals surface area contributed by atoms with Crippen LogP contribution in [-0.2, 0) is 6.18 Å². The maximum Gasteiger partial charge on any atom is 0.434 e. The molecule has 0 amide bonds. The Labute approximate surface area is 147 Å². The molecule has 6 nitrogen and oxygen atoms in total. The van der Waals surface area contributed by atoms with Gasteiger partial charge in [-0.15, -0.1) is 0 Å². The second kappa shape index (κ2) is 5.93. The molecule has 3 aromatic heterocycles. The van der Waals surface area contributed by atoms with E-state index in [-0.39, 0.29) is 0 Å². The van der Waals surface area contributed by atoms with E-state index in [0.717, 1.165) is 31.3 Å². The maximum absolute atomic E-state index is 13.0. The van der Waals surface area contributed by atoms with Gasteiger partial charge in [0.15, 0.2) is 17.2 Å². The molecule has 136 valence electrons. The van der Waals surface area contributed by atoms with E-state index in [0.29, 0.717) is 29.0 Å². The van der Waals surface area contributed by atoms with Crippen molar-refractivity contribution in [2.75, 3.05) is 18.0 Å². The number of rotatable bonds is 2. The van der Waals surface area contributed by atoms with Gasteiger partial charge < -0.3 is 4.90 Å². The second-order valence-corrected chi connectivity index (χ2v) is 6.74. The highest BCUT2D eigenvalue weighted by Gasteiger charge is 2.33. The van der Waals surface area contributed by atoms with Gasteiger partial charge in [0, 0.05) is 25.5 Å². The van der Waals surface area contributed by atoms with Gasteiger partial charge in [0.25, 0.3) is 0 Å². The second-order valence-electron chi connectivity index (χ2n) is 6.74. The number of anilines is 1. The van der Waals surface area contributed by atoms with Crippen LogP contribution in [0.1, 0.15) is 19.5 Å². The first-order valence-electron chi connectivity index (χ1n) is 8.31. The zero-order chi connectivity index (χ0) is 18.5. The summed E-state index contributed by atoms with van der Waals surface area (Å²) in [5.74, 6) is 2.22. The molecule has 1 aliphatic rings. The van der Waals surface area contributed by atoms with Crippen LogP contribution in [0.3, 0.4) is 0 Å². The third kappa shape index (κ3) is 2.87. The lowest BCUT2D eigenvalue weighted by atomic mass is 10.0. The summed E-state index contributed by atoms with van der Waals surface area (Å²) in [6, 6.07) is 1.82. The Balaban J connectivity index is 1.75. The minimum absolute atomic E-state index is 0.311. The quantitative estimate of drug-likeness (QED) is 0.700. The molecule has 1 aliphatic heterocycles. The van der Waals surface area contributed by atoms with Crippen molar-refractivity contribution in [3.05, 3.63) is 36.5 Å². The molecule has 0 spiro atoms. The molecule has 1 fully saturated rings. The molecule has 3 aromatic rings. The molecule has 2 atom stereocenters. The van der Waals surface area contributed by atoms with E-state index >= 15 is 0 Å². The smallest absolute Gasteiger partial charge is 0.356 e. The molecule has 2 unspecified atom stereocenters. The average Bonchev–Trinajstić information content (AvgIpc) is 3.17. The molecule has 26 heavy (non-hydrogen) atoms. The highest BCUT2D eigenvalue weighted by atomic mass is 19.4. The third-order valence-electron chi connectivity index (χ3n) is 4.87. The van der Waals surface area contributed by atoms with E-state index in [1.165, 1.54) is 10.6 Å². The molecule has 9 heteroatoms. The van der Waals surface area contributed by atoms with Crippen molar-refractivity contribution in [2.45, 2.75) is 20.0 Å². The molecule has 0 N–H and O–H groups in total. The van der Waals surface area contributed by atoms with Gasteiger partial charge in [0.05, 0.1) is 12.4 Å². The van der Waals surface area contributed by atoms with Crippen LogP contribution in [0.15, 0.2) is 30.9 Å². The van der Waals surface area contributed by atoms with Gasteiger partial charge in [-0.25, -0.2) is 19.9 Å². The Bertz CT molecular complexity index is 941. The molecule has 4 rings (SSSR count). The standard InChI is InChI=1S/C17H17F3N6/c1-10-7-25(8-11(10)2)14-3-4-21-16(24-14)12-5-23-15-6-22-13(9-26(12)15)17(18,19)20/h3-6,9-11H,7-8H2,1-2H3. The van der Waals surface area contributed by atoms with Crippen LogP contribution in [0.25, 0.3) is 17.2 Å². The van der Waals surface area contributed by atoms with Gasteiger partial charge in [-0.1, -0.05) is 13.8 Å². The van der Waals surface area contributed by atoms with E-state index in [2.05, 4.69) is 38.7 Å². The topological polar surface area (TPSA) is 59.2 Å². The van der Waals surface area contributed by atoms with Crippen LogP contribution in [0.2, 0.25) is 0 Å². The van der Waals surface area contributed by atoms with Gasteiger partial charge in [-0.2, -0.15) is 13.2 Å². The van der Waals surface area contributed by atoms with E-state index in [1.807, 2.05) is 6.07 Å². The summed E-state index contributed by atoms with van der Waals surface area (Å²) in [6.07, 6.45) is 0.579. The van der Waals surface area contributed by atoms with E-state index in [1.54, 1.807) is 6.20 Å². The van der Waals surface area contributed by atoms with E-state index < -0.39 is 11.9 Å². The first-order valence-corrected chi connectivity index (χ1v) is 8.31. The Hall–Kier alpha value is -2.71. The highest BCUT2D eigenvalue weighted by molar-refractivity contribution is 5.58. The van der Waals surface area contributed by atoms with Crippen molar-refractivity contribution in [1.29, 1.82) is 0 Å². The fourth-order valence-corrected chi connectivity index (χ4v) is 3.17. The summed E-state index contributed by atoms with van der Waals surface area (Å²) in [4.78, 5) is 18.5. The maximum atomic E-state index is 13.0. The van der Waals surface area contributed by atoms with Gasteiger partial charge in [0.1, 0.15) is 11.5 Å². The minimum atomic E-state index is -4.53. The Morgan fingerprint density at radius 3 is 2.46 bits per heavy atom. The lowest BCUT2D eigenvalue weighted by Crippen LogP contribution is -2.21. The SMILES string of the molecule is CC1CN(c2ccnc(-c3cnc4cnc(C(F)(F)F)cn34)n2)CC1C. The van der Waals surface area contributed by atoms with Crippen LogP contribution in [-0.4, -0.2) is 37.4 Å². The predicted octanol–water partition coefficient (Wildman–Crippen LogP) is 3.30. The number of imidazole rings is 1. The molecule has 0 saturated carbocycles. The molecular weight excluding hydrogens is 345 g/mol. The van der Waals surface area contributed by atoms with Crippen LogP contribution in [0, 0.1) is 11.8 Å². The summed E-state index contributed by atoms with van der Waals surface area (Å²) < 4.78 is 40.2. The molecular formula is C17H17F3N6. The monoisotopic (exact) mass is 362 g/mol. The molecule has 1 saturated heterocycles. The summed E-state index contributed by atoms with van der Waals surface area (Å²) in [6.45, 7) is 6.19.